The molecular weight excluding hydrogens is 390 g/mol. The van der Waals surface area contributed by atoms with Crippen LogP contribution < -0.4 is 4.74 Å². The van der Waals surface area contributed by atoms with E-state index in [1.807, 2.05) is 51.1 Å². The molecule has 6 nitrogen and oxygen atoms in total. The van der Waals surface area contributed by atoms with Crippen LogP contribution in [0, 0.1) is 13.8 Å². The fraction of sp³-hybridized carbons (Fsp3) is 0.318. The molecule has 1 atom stereocenters. The van der Waals surface area contributed by atoms with Crippen molar-refractivity contribution in [1.82, 2.24) is 15.0 Å². The van der Waals surface area contributed by atoms with Gasteiger partial charge in [0.15, 0.2) is 6.10 Å². The summed E-state index contributed by atoms with van der Waals surface area (Å²) in [6.07, 6.45) is -0.0321. The summed E-state index contributed by atoms with van der Waals surface area (Å²) in [6, 6.07) is 13.1. The van der Waals surface area contributed by atoms with Crippen molar-refractivity contribution in [3.05, 3.63) is 64.5 Å². The van der Waals surface area contributed by atoms with Crippen LogP contribution in [0.3, 0.4) is 0 Å². The first-order valence-electron chi connectivity index (χ1n) is 9.44. The number of rotatable bonds is 7. The van der Waals surface area contributed by atoms with Crippen LogP contribution in [0.15, 0.2) is 47.0 Å². The Kier molecular flexibility index (Phi) is 6.54. The van der Waals surface area contributed by atoms with Crippen molar-refractivity contribution in [2.75, 3.05) is 7.05 Å². The number of carbonyl (C=O) groups is 1. The summed E-state index contributed by atoms with van der Waals surface area (Å²) in [4.78, 5) is 18.8. The Morgan fingerprint density at radius 3 is 2.62 bits per heavy atom. The van der Waals surface area contributed by atoms with Crippen LogP contribution in [-0.4, -0.2) is 34.1 Å². The number of likely N-dealkylation sites (N-methyl/N-ethyl adjacent to an activating group) is 1. The number of amides is 1. The lowest BCUT2D eigenvalue weighted by molar-refractivity contribution is -0.138. The molecule has 29 heavy (non-hydrogen) atoms. The molecule has 1 heterocycles. The summed E-state index contributed by atoms with van der Waals surface area (Å²) in [6.45, 7) is 6.08. The van der Waals surface area contributed by atoms with E-state index in [4.69, 9.17) is 20.9 Å². The molecule has 0 aliphatic carbocycles. The van der Waals surface area contributed by atoms with Crippen molar-refractivity contribution in [2.24, 2.45) is 0 Å². The number of hydrogen-bond acceptors (Lipinski definition) is 5. The molecule has 7 heteroatoms. The molecule has 1 aromatic heterocycles. The second-order valence-electron chi connectivity index (χ2n) is 7.00. The molecule has 0 bridgehead atoms. The molecule has 1 amide bonds. The molecule has 0 N–H and O–H groups in total. The van der Waals surface area contributed by atoms with Crippen LogP contribution in [0.5, 0.6) is 5.75 Å². The molecular formula is C22H24ClN3O3. The summed E-state index contributed by atoms with van der Waals surface area (Å²) in [5.74, 6) is 1.39. The van der Waals surface area contributed by atoms with Gasteiger partial charge in [-0.3, -0.25) is 4.79 Å². The smallest absolute Gasteiger partial charge is 0.263 e. The Hall–Kier alpha value is -2.86. The molecule has 0 saturated carbocycles. The van der Waals surface area contributed by atoms with Crippen LogP contribution in [0.25, 0.3) is 11.4 Å². The predicted molar refractivity (Wildman–Crippen MR) is 112 cm³/mol. The van der Waals surface area contributed by atoms with E-state index in [-0.39, 0.29) is 12.5 Å². The van der Waals surface area contributed by atoms with Gasteiger partial charge in [0.2, 0.25) is 11.7 Å². The molecule has 1 unspecified atom stereocenters. The van der Waals surface area contributed by atoms with Gasteiger partial charge in [-0.2, -0.15) is 4.98 Å². The zero-order chi connectivity index (χ0) is 21.0. The van der Waals surface area contributed by atoms with Gasteiger partial charge in [0, 0.05) is 17.6 Å². The largest absolute Gasteiger partial charge is 0.480 e. The van der Waals surface area contributed by atoms with Gasteiger partial charge in [0.25, 0.3) is 5.91 Å². The lowest BCUT2D eigenvalue weighted by Crippen LogP contribution is -2.39. The van der Waals surface area contributed by atoms with Crippen molar-refractivity contribution in [3.63, 3.8) is 0 Å². The summed E-state index contributed by atoms with van der Waals surface area (Å²) >= 11 is 5.91. The van der Waals surface area contributed by atoms with E-state index >= 15 is 0 Å². The molecule has 0 radical (unpaired) electrons. The molecule has 0 spiro atoms. The first-order chi connectivity index (χ1) is 13.9. The Labute approximate surface area is 175 Å². The third kappa shape index (κ3) is 5.15. The number of nitrogens with zero attached hydrogens (tertiary/aromatic N) is 3. The van der Waals surface area contributed by atoms with Crippen molar-refractivity contribution < 1.29 is 14.1 Å². The highest BCUT2D eigenvalue weighted by atomic mass is 35.5. The van der Waals surface area contributed by atoms with E-state index in [1.165, 1.54) is 0 Å². The highest BCUT2D eigenvalue weighted by Crippen LogP contribution is 2.22. The van der Waals surface area contributed by atoms with Gasteiger partial charge in [-0.15, -0.1) is 0 Å². The topological polar surface area (TPSA) is 68.5 Å². The van der Waals surface area contributed by atoms with Crippen molar-refractivity contribution in [2.45, 2.75) is 39.8 Å². The number of aromatic nitrogens is 2. The van der Waals surface area contributed by atoms with E-state index in [2.05, 4.69) is 10.1 Å². The van der Waals surface area contributed by atoms with Gasteiger partial charge < -0.3 is 14.2 Å². The number of benzene rings is 2. The molecule has 0 saturated heterocycles. The van der Waals surface area contributed by atoms with Crippen molar-refractivity contribution in [3.8, 4) is 17.1 Å². The minimum Gasteiger partial charge on any atom is -0.480 e. The van der Waals surface area contributed by atoms with Crippen LogP contribution in [-0.2, 0) is 11.3 Å². The number of carbonyl (C=O) groups excluding carboxylic acids is 1. The maximum atomic E-state index is 12.9. The Balaban J connectivity index is 1.67. The third-order valence-electron chi connectivity index (χ3n) is 4.58. The Bertz CT molecular complexity index is 985. The minimum absolute atomic E-state index is 0.139. The molecule has 0 aliphatic rings. The summed E-state index contributed by atoms with van der Waals surface area (Å²) < 4.78 is 11.3. The van der Waals surface area contributed by atoms with Gasteiger partial charge in [-0.05, 0) is 61.7 Å². The number of hydrogen-bond donors (Lipinski definition) is 0. The lowest BCUT2D eigenvalue weighted by Gasteiger charge is -2.23. The summed E-state index contributed by atoms with van der Waals surface area (Å²) in [7, 11) is 1.70. The molecule has 0 fully saturated rings. The Morgan fingerprint density at radius 2 is 1.93 bits per heavy atom. The van der Waals surface area contributed by atoms with Crippen molar-refractivity contribution in [1.29, 1.82) is 0 Å². The fourth-order valence-corrected chi connectivity index (χ4v) is 2.98. The van der Waals surface area contributed by atoms with E-state index in [0.29, 0.717) is 23.2 Å². The highest BCUT2D eigenvalue weighted by molar-refractivity contribution is 6.30. The molecule has 3 aromatic rings. The van der Waals surface area contributed by atoms with Gasteiger partial charge >= 0.3 is 0 Å². The van der Waals surface area contributed by atoms with Crippen LogP contribution in [0.4, 0.5) is 0 Å². The number of aryl methyl sites for hydroxylation is 2. The molecule has 0 aliphatic heterocycles. The van der Waals surface area contributed by atoms with Gasteiger partial charge in [-0.25, -0.2) is 0 Å². The standard InChI is InChI=1S/C22H24ClN3O3/c1-5-18(28-19-12-14(2)6-7-15(19)3)22(27)26(4)13-20-24-21(25-29-20)16-8-10-17(23)11-9-16/h6-12,18H,5,13H2,1-4H3. The predicted octanol–water partition coefficient (Wildman–Crippen LogP) is 4.82. The van der Waals surface area contributed by atoms with Gasteiger partial charge in [0.05, 0.1) is 6.54 Å². The average Bonchev–Trinajstić information content (AvgIpc) is 3.17. The SMILES string of the molecule is CCC(Oc1cc(C)ccc1C)C(=O)N(C)Cc1nc(-c2ccc(Cl)cc2)no1. The van der Waals surface area contributed by atoms with E-state index in [9.17, 15) is 4.79 Å². The van der Waals surface area contributed by atoms with Gasteiger partial charge in [0.1, 0.15) is 5.75 Å². The van der Waals surface area contributed by atoms with E-state index in [1.54, 1.807) is 24.1 Å². The molecule has 3 rings (SSSR count). The van der Waals surface area contributed by atoms with Crippen LogP contribution in [0.2, 0.25) is 5.02 Å². The first-order valence-corrected chi connectivity index (χ1v) is 9.82. The Morgan fingerprint density at radius 1 is 1.21 bits per heavy atom. The molecule has 2 aromatic carbocycles. The second kappa shape index (κ2) is 9.09. The van der Waals surface area contributed by atoms with E-state index < -0.39 is 6.10 Å². The van der Waals surface area contributed by atoms with Crippen LogP contribution in [0.1, 0.15) is 30.4 Å². The van der Waals surface area contributed by atoms with Crippen LogP contribution >= 0.6 is 11.6 Å². The van der Waals surface area contributed by atoms with Crippen molar-refractivity contribution >= 4 is 17.5 Å². The number of halogens is 1. The first kappa shape index (κ1) is 20.9. The zero-order valence-corrected chi connectivity index (χ0v) is 17.7. The summed E-state index contributed by atoms with van der Waals surface area (Å²) in [5, 5.41) is 4.62. The summed E-state index contributed by atoms with van der Waals surface area (Å²) in [5.41, 5.74) is 2.87. The zero-order valence-electron chi connectivity index (χ0n) is 17.0. The minimum atomic E-state index is -0.584. The maximum Gasteiger partial charge on any atom is 0.263 e. The van der Waals surface area contributed by atoms with E-state index in [0.717, 1.165) is 22.4 Å². The maximum absolute atomic E-state index is 12.9. The monoisotopic (exact) mass is 413 g/mol. The van der Waals surface area contributed by atoms with Gasteiger partial charge in [-0.1, -0.05) is 35.8 Å². The lowest BCUT2D eigenvalue weighted by atomic mass is 10.1. The molecule has 152 valence electrons. The second-order valence-corrected chi connectivity index (χ2v) is 7.43. The average molecular weight is 414 g/mol. The fourth-order valence-electron chi connectivity index (χ4n) is 2.86. The third-order valence-corrected chi connectivity index (χ3v) is 4.83. The normalized spacial score (nSPS) is 11.9. The highest BCUT2D eigenvalue weighted by Gasteiger charge is 2.24. The number of ether oxygens (including phenoxy) is 1. The quantitative estimate of drug-likeness (QED) is 0.555.